The molecule has 0 saturated carbocycles. The molecule has 1 N–H and O–H groups in total. The summed E-state index contributed by atoms with van der Waals surface area (Å²) in [5.74, 6) is -1.20. The molecule has 94 valence electrons. The first-order valence-corrected chi connectivity index (χ1v) is 5.18. The first-order chi connectivity index (χ1) is 7.96. The molecule has 1 amide bonds. The molecule has 1 rings (SSSR count). The predicted octanol–water partition coefficient (Wildman–Crippen LogP) is 1.91. The van der Waals surface area contributed by atoms with E-state index in [9.17, 15) is 9.18 Å². The zero-order valence-electron chi connectivity index (χ0n) is 10.1. The number of hydrogen-bond donors (Lipinski definition) is 1. The molecule has 0 atom stereocenters. The van der Waals surface area contributed by atoms with Crippen LogP contribution in [0.3, 0.4) is 0 Å². The molecule has 0 aliphatic rings. The smallest absolute Gasteiger partial charge is 0.277 e. The average Bonchev–Trinajstić information content (AvgIpc) is 2.27. The molecule has 0 radical (unpaired) electrons. The van der Waals surface area contributed by atoms with E-state index in [2.05, 4.69) is 5.48 Å². The highest BCUT2D eigenvalue weighted by Gasteiger charge is 2.21. The van der Waals surface area contributed by atoms with E-state index in [-0.39, 0.29) is 5.56 Å². The second-order valence-corrected chi connectivity index (χ2v) is 4.21. The van der Waals surface area contributed by atoms with E-state index in [1.807, 2.05) is 0 Å². The molecule has 0 aromatic heterocycles. The predicted molar refractivity (Wildman–Crippen MR) is 60.9 cm³/mol. The van der Waals surface area contributed by atoms with E-state index in [0.29, 0.717) is 6.61 Å². The molecule has 0 spiro atoms. The van der Waals surface area contributed by atoms with Crippen molar-refractivity contribution in [1.82, 2.24) is 5.48 Å². The third-order valence-corrected chi connectivity index (χ3v) is 2.03. The lowest BCUT2D eigenvalue weighted by molar-refractivity contribution is -0.103. The molecular weight excluding hydrogens is 225 g/mol. The maximum Gasteiger partial charge on any atom is 0.277 e. The van der Waals surface area contributed by atoms with Crippen molar-refractivity contribution >= 4 is 5.91 Å². The van der Waals surface area contributed by atoms with Gasteiger partial charge in [0.15, 0.2) is 0 Å². The average molecular weight is 241 g/mol. The van der Waals surface area contributed by atoms with Gasteiger partial charge in [-0.2, -0.15) is 0 Å². The topological polar surface area (TPSA) is 47.6 Å². The molecule has 4 nitrogen and oxygen atoms in total. The molecule has 1 aromatic carbocycles. The van der Waals surface area contributed by atoms with Crippen LogP contribution in [0.1, 0.15) is 24.2 Å². The van der Waals surface area contributed by atoms with Crippen LogP contribution >= 0.6 is 0 Å². The highest BCUT2D eigenvalue weighted by molar-refractivity contribution is 5.93. The van der Waals surface area contributed by atoms with Gasteiger partial charge in [0.25, 0.3) is 5.91 Å². The van der Waals surface area contributed by atoms with Crippen LogP contribution < -0.4 is 5.48 Å². The van der Waals surface area contributed by atoms with E-state index in [1.165, 1.54) is 25.3 Å². The number of hydroxylamine groups is 1. The number of hydrogen-bond acceptors (Lipinski definition) is 3. The number of ether oxygens (including phenoxy) is 1. The van der Waals surface area contributed by atoms with Crippen LogP contribution in [0.2, 0.25) is 0 Å². The molecule has 0 unspecified atom stereocenters. The van der Waals surface area contributed by atoms with Crippen LogP contribution in [0.15, 0.2) is 24.3 Å². The van der Waals surface area contributed by atoms with Crippen molar-refractivity contribution in [2.75, 3.05) is 13.7 Å². The summed E-state index contributed by atoms with van der Waals surface area (Å²) in [7, 11) is 1.53. The molecule has 5 heteroatoms. The van der Waals surface area contributed by atoms with Crippen LogP contribution in [0.5, 0.6) is 0 Å². The first-order valence-electron chi connectivity index (χ1n) is 5.18. The number of amides is 1. The Labute approximate surface area is 99.7 Å². The van der Waals surface area contributed by atoms with Crippen molar-refractivity contribution in [3.8, 4) is 0 Å². The Morgan fingerprint density at radius 2 is 2.06 bits per heavy atom. The van der Waals surface area contributed by atoms with Gasteiger partial charge in [0.05, 0.1) is 12.2 Å². The lowest BCUT2D eigenvalue weighted by atomic mass is 10.2. The Balaban J connectivity index is 2.59. The maximum absolute atomic E-state index is 13.3. The zero-order chi connectivity index (χ0) is 12.9. The molecular formula is C12H16FNO3. The fourth-order valence-corrected chi connectivity index (χ4v) is 1.26. The summed E-state index contributed by atoms with van der Waals surface area (Å²) in [6, 6.07) is 5.70. The Bertz CT molecular complexity index is 393. The summed E-state index contributed by atoms with van der Waals surface area (Å²) >= 11 is 0. The summed E-state index contributed by atoms with van der Waals surface area (Å²) in [5, 5.41) is 0. The highest BCUT2D eigenvalue weighted by Crippen LogP contribution is 2.09. The number of carbonyl (C=O) groups is 1. The maximum atomic E-state index is 13.3. The van der Waals surface area contributed by atoms with Gasteiger partial charge >= 0.3 is 0 Å². The Hall–Kier alpha value is -1.46. The van der Waals surface area contributed by atoms with Crippen LogP contribution in [0.25, 0.3) is 0 Å². The SMILES string of the molecule is COCC(C)(C)ONC(=O)c1ccccc1F. The summed E-state index contributed by atoms with van der Waals surface area (Å²) in [4.78, 5) is 16.7. The number of benzene rings is 1. The molecule has 0 aliphatic carbocycles. The highest BCUT2D eigenvalue weighted by atomic mass is 19.1. The van der Waals surface area contributed by atoms with Crippen molar-refractivity contribution in [2.45, 2.75) is 19.4 Å². The lowest BCUT2D eigenvalue weighted by Crippen LogP contribution is -2.39. The van der Waals surface area contributed by atoms with Crippen LogP contribution in [0, 0.1) is 5.82 Å². The molecule has 0 saturated heterocycles. The van der Waals surface area contributed by atoms with Crippen LogP contribution in [0.4, 0.5) is 4.39 Å². The molecule has 0 fully saturated rings. The number of rotatable bonds is 5. The Kier molecular flexibility index (Phi) is 4.60. The molecule has 0 heterocycles. The quantitative estimate of drug-likeness (QED) is 0.801. The van der Waals surface area contributed by atoms with Gasteiger partial charge in [-0.25, -0.2) is 9.87 Å². The van der Waals surface area contributed by atoms with Gasteiger partial charge in [0, 0.05) is 7.11 Å². The van der Waals surface area contributed by atoms with E-state index < -0.39 is 17.3 Å². The number of methoxy groups -OCH3 is 1. The fraction of sp³-hybridized carbons (Fsp3) is 0.417. The lowest BCUT2D eigenvalue weighted by Gasteiger charge is -2.23. The van der Waals surface area contributed by atoms with Crippen molar-refractivity contribution in [1.29, 1.82) is 0 Å². The standard InChI is InChI=1S/C12H16FNO3/c1-12(2,8-16-3)17-14-11(15)9-6-4-5-7-10(9)13/h4-7H,8H2,1-3H3,(H,14,15). The van der Waals surface area contributed by atoms with Gasteiger partial charge < -0.3 is 4.74 Å². The fourth-order valence-electron chi connectivity index (χ4n) is 1.26. The normalized spacial score (nSPS) is 11.3. The van der Waals surface area contributed by atoms with E-state index >= 15 is 0 Å². The van der Waals surface area contributed by atoms with Gasteiger partial charge in [-0.05, 0) is 26.0 Å². The van der Waals surface area contributed by atoms with Gasteiger partial charge in [-0.3, -0.25) is 9.63 Å². The molecule has 1 aromatic rings. The Morgan fingerprint density at radius 3 is 2.65 bits per heavy atom. The van der Waals surface area contributed by atoms with Gasteiger partial charge in [0.2, 0.25) is 0 Å². The van der Waals surface area contributed by atoms with Crippen molar-refractivity contribution in [3.05, 3.63) is 35.6 Å². The van der Waals surface area contributed by atoms with Crippen LogP contribution in [-0.2, 0) is 9.57 Å². The minimum absolute atomic E-state index is 0.0549. The van der Waals surface area contributed by atoms with Gasteiger partial charge in [-0.1, -0.05) is 12.1 Å². The largest absolute Gasteiger partial charge is 0.382 e. The van der Waals surface area contributed by atoms with Crippen molar-refractivity contribution < 1.29 is 18.8 Å². The second-order valence-electron chi connectivity index (χ2n) is 4.21. The van der Waals surface area contributed by atoms with E-state index in [0.717, 1.165) is 0 Å². The Morgan fingerprint density at radius 1 is 1.41 bits per heavy atom. The molecule has 0 aliphatic heterocycles. The summed E-state index contributed by atoms with van der Waals surface area (Å²) in [5.41, 5.74) is 1.48. The van der Waals surface area contributed by atoms with Gasteiger partial charge in [0.1, 0.15) is 11.4 Å². The van der Waals surface area contributed by atoms with E-state index in [1.54, 1.807) is 19.9 Å². The molecule has 17 heavy (non-hydrogen) atoms. The monoisotopic (exact) mass is 241 g/mol. The zero-order valence-corrected chi connectivity index (χ0v) is 10.1. The number of carbonyl (C=O) groups excluding carboxylic acids is 1. The second kappa shape index (κ2) is 5.75. The minimum Gasteiger partial charge on any atom is -0.382 e. The third-order valence-electron chi connectivity index (χ3n) is 2.03. The van der Waals surface area contributed by atoms with Crippen molar-refractivity contribution in [3.63, 3.8) is 0 Å². The summed E-state index contributed by atoms with van der Waals surface area (Å²) in [6.07, 6.45) is 0. The third kappa shape index (κ3) is 4.13. The summed E-state index contributed by atoms with van der Waals surface area (Å²) in [6.45, 7) is 3.81. The number of nitrogens with one attached hydrogen (secondary N) is 1. The van der Waals surface area contributed by atoms with Gasteiger partial charge in [-0.15, -0.1) is 0 Å². The van der Waals surface area contributed by atoms with Crippen LogP contribution in [-0.4, -0.2) is 25.2 Å². The van der Waals surface area contributed by atoms with Crippen molar-refractivity contribution in [2.24, 2.45) is 0 Å². The minimum atomic E-state index is -0.671. The van der Waals surface area contributed by atoms with E-state index in [4.69, 9.17) is 9.57 Å². The number of halogens is 1. The first kappa shape index (κ1) is 13.6. The molecule has 0 bridgehead atoms. The summed E-state index contributed by atoms with van der Waals surface area (Å²) < 4.78 is 18.2.